The minimum Gasteiger partial charge on any atom is -0.311 e. The number of aromatic amines is 2. The van der Waals surface area contributed by atoms with Crippen molar-refractivity contribution in [2.45, 2.75) is 77.6 Å². The molecule has 1 atom stereocenters. The van der Waals surface area contributed by atoms with Gasteiger partial charge in [0.1, 0.15) is 0 Å². The topological polar surface area (TPSA) is 65.7 Å². The first-order valence-electron chi connectivity index (χ1n) is 8.00. The van der Waals surface area contributed by atoms with Gasteiger partial charge in [0.05, 0.1) is 0 Å². The Balaban J connectivity index is 2.51. The summed E-state index contributed by atoms with van der Waals surface area (Å²) in [6, 6.07) is 1.54. The normalized spacial score (nSPS) is 12.5. The molecule has 0 amide bonds. The van der Waals surface area contributed by atoms with Crippen LogP contribution in [0.15, 0.2) is 15.7 Å². The van der Waals surface area contributed by atoms with Gasteiger partial charge in [-0.15, -0.1) is 0 Å². The average molecular weight is 280 g/mol. The first-order valence-corrected chi connectivity index (χ1v) is 8.00. The van der Waals surface area contributed by atoms with Crippen molar-refractivity contribution in [3.63, 3.8) is 0 Å². The van der Waals surface area contributed by atoms with E-state index in [-0.39, 0.29) is 5.56 Å². The molecule has 0 aliphatic heterocycles. The van der Waals surface area contributed by atoms with E-state index < -0.39 is 5.69 Å². The van der Waals surface area contributed by atoms with Crippen LogP contribution in [0.1, 0.15) is 83.2 Å². The van der Waals surface area contributed by atoms with Crippen molar-refractivity contribution in [2.75, 3.05) is 0 Å². The van der Waals surface area contributed by atoms with Crippen LogP contribution in [0.25, 0.3) is 0 Å². The van der Waals surface area contributed by atoms with Gasteiger partial charge in [-0.25, -0.2) is 4.79 Å². The first-order chi connectivity index (χ1) is 9.67. The van der Waals surface area contributed by atoms with Crippen LogP contribution >= 0.6 is 0 Å². The van der Waals surface area contributed by atoms with Crippen molar-refractivity contribution in [3.05, 3.63) is 32.6 Å². The van der Waals surface area contributed by atoms with Gasteiger partial charge in [0, 0.05) is 11.8 Å². The maximum atomic E-state index is 11.4. The van der Waals surface area contributed by atoms with E-state index >= 15 is 0 Å². The maximum Gasteiger partial charge on any atom is 0.325 e. The number of hydrogen-bond donors (Lipinski definition) is 2. The van der Waals surface area contributed by atoms with Gasteiger partial charge < -0.3 is 4.98 Å². The average Bonchev–Trinajstić information content (AvgIpc) is 2.40. The zero-order chi connectivity index (χ0) is 14.8. The lowest BCUT2D eigenvalue weighted by Crippen LogP contribution is -2.24. The van der Waals surface area contributed by atoms with E-state index in [1.165, 1.54) is 38.5 Å². The van der Waals surface area contributed by atoms with Gasteiger partial charge in [-0.05, 0) is 18.8 Å². The molecule has 20 heavy (non-hydrogen) atoms. The van der Waals surface area contributed by atoms with Crippen LogP contribution < -0.4 is 11.2 Å². The fourth-order valence-electron chi connectivity index (χ4n) is 2.68. The molecule has 0 aliphatic rings. The van der Waals surface area contributed by atoms with Gasteiger partial charge in [0.15, 0.2) is 0 Å². The zero-order valence-electron chi connectivity index (χ0n) is 12.8. The van der Waals surface area contributed by atoms with E-state index in [4.69, 9.17) is 0 Å². The highest BCUT2D eigenvalue weighted by atomic mass is 16.2. The largest absolute Gasteiger partial charge is 0.325 e. The van der Waals surface area contributed by atoms with Crippen molar-refractivity contribution in [1.29, 1.82) is 0 Å². The smallest absolute Gasteiger partial charge is 0.311 e. The summed E-state index contributed by atoms with van der Waals surface area (Å²) in [4.78, 5) is 27.8. The van der Waals surface area contributed by atoms with E-state index in [1.54, 1.807) is 6.07 Å². The molecule has 1 aromatic rings. The number of aromatic nitrogens is 2. The zero-order valence-corrected chi connectivity index (χ0v) is 12.8. The summed E-state index contributed by atoms with van der Waals surface area (Å²) < 4.78 is 0. The molecule has 4 nitrogen and oxygen atoms in total. The highest BCUT2D eigenvalue weighted by molar-refractivity contribution is 5.05. The number of hydrogen-bond acceptors (Lipinski definition) is 2. The fraction of sp³-hybridized carbons (Fsp3) is 0.750. The summed E-state index contributed by atoms with van der Waals surface area (Å²) >= 11 is 0. The molecule has 4 heteroatoms. The van der Waals surface area contributed by atoms with Gasteiger partial charge in [0.25, 0.3) is 5.56 Å². The van der Waals surface area contributed by atoms with Crippen molar-refractivity contribution >= 4 is 0 Å². The van der Waals surface area contributed by atoms with Gasteiger partial charge in [-0.2, -0.15) is 0 Å². The van der Waals surface area contributed by atoms with E-state index in [9.17, 15) is 9.59 Å². The maximum absolute atomic E-state index is 11.4. The van der Waals surface area contributed by atoms with Crippen LogP contribution in [0.3, 0.4) is 0 Å². The minimum atomic E-state index is -0.392. The SMILES string of the molecule is CCCCCCCCC(CCC)c1cc(=O)[nH]c(=O)[nH]1. The Hall–Kier alpha value is -1.32. The van der Waals surface area contributed by atoms with Gasteiger partial charge in [-0.3, -0.25) is 9.78 Å². The Labute approximate surface area is 121 Å². The third-order valence-corrected chi connectivity index (χ3v) is 3.76. The lowest BCUT2D eigenvalue weighted by molar-refractivity contribution is 0.502. The Bertz CT molecular complexity index is 448. The van der Waals surface area contributed by atoms with Gasteiger partial charge in [-0.1, -0.05) is 58.8 Å². The van der Waals surface area contributed by atoms with E-state index in [2.05, 4.69) is 23.8 Å². The summed E-state index contributed by atoms with van der Waals surface area (Å²) in [5.41, 5.74) is 0.110. The van der Waals surface area contributed by atoms with Gasteiger partial charge >= 0.3 is 5.69 Å². The molecule has 0 bridgehead atoms. The third kappa shape index (κ3) is 6.22. The summed E-state index contributed by atoms with van der Waals surface area (Å²) in [6.07, 6.45) is 10.8. The van der Waals surface area contributed by atoms with Crippen molar-refractivity contribution < 1.29 is 0 Å². The third-order valence-electron chi connectivity index (χ3n) is 3.76. The molecular weight excluding hydrogens is 252 g/mol. The molecule has 1 rings (SSSR count). The molecule has 114 valence electrons. The summed E-state index contributed by atoms with van der Waals surface area (Å²) in [5.74, 6) is 0.307. The molecule has 0 saturated carbocycles. The second-order valence-corrected chi connectivity index (χ2v) is 5.59. The molecule has 0 aromatic carbocycles. The molecular formula is C16H28N2O2. The molecule has 0 aliphatic carbocycles. The Kier molecular flexibility index (Phi) is 8.00. The van der Waals surface area contributed by atoms with Crippen molar-refractivity contribution in [3.8, 4) is 0 Å². The predicted molar refractivity (Wildman–Crippen MR) is 83.3 cm³/mol. The number of rotatable bonds is 10. The first kappa shape index (κ1) is 16.7. The number of nitrogens with one attached hydrogen (secondary N) is 2. The standard InChI is InChI=1S/C16H28N2O2/c1-3-5-6-7-8-9-11-13(10-4-2)14-12-15(19)18-16(20)17-14/h12-13H,3-11H2,1-2H3,(H2,17,18,19,20). The van der Waals surface area contributed by atoms with Crippen LogP contribution in [0.5, 0.6) is 0 Å². The van der Waals surface area contributed by atoms with Crippen LogP contribution in [0.4, 0.5) is 0 Å². The van der Waals surface area contributed by atoms with Crippen LogP contribution in [-0.4, -0.2) is 9.97 Å². The summed E-state index contributed by atoms with van der Waals surface area (Å²) in [7, 11) is 0. The quantitative estimate of drug-likeness (QED) is 0.642. The predicted octanol–water partition coefficient (Wildman–Crippen LogP) is 3.70. The second-order valence-electron chi connectivity index (χ2n) is 5.59. The van der Waals surface area contributed by atoms with Crippen molar-refractivity contribution in [1.82, 2.24) is 9.97 Å². The lowest BCUT2D eigenvalue weighted by Gasteiger charge is -2.15. The summed E-state index contributed by atoms with van der Waals surface area (Å²) in [5, 5.41) is 0. The van der Waals surface area contributed by atoms with Crippen LogP contribution in [0, 0.1) is 0 Å². The van der Waals surface area contributed by atoms with Gasteiger partial charge in [0.2, 0.25) is 0 Å². The highest BCUT2D eigenvalue weighted by Crippen LogP contribution is 2.24. The molecule has 0 spiro atoms. The fourth-order valence-corrected chi connectivity index (χ4v) is 2.68. The molecule has 0 fully saturated rings. The summed E-state index contributed by atoms with van der Waals surface area (Å²) in [6.45, 7) is 4.36. The Morgan fingerprint density at radius 3 is 2.25 bits per heavy atom. The molecule has 1 aromatic heterocycles. The Morgan fingerprint density at radius 1 is 0.900 bits per heavy atom. The molecule has 0 saturated heterocycles. The molecule has 1 heterocycles. The van der Waals surface area contributed by atoms with E-state index in [1.807, 2.05) is 0 Å². The van der Waals surface area contributed by atoms with Crippen LogP contribution in [-0.2, 0) is 0 Å². The highest BCUT2D eigenvalue weighted by Gasteiger charge is 2.12. The Morgan fingerprint density at radius 2 is 1.60 bits per heavy atom. The number of H-pyrrole nitrogens is 2. The second kappa shape index (κ2) is 9.56. The lowest BCUT2D eigenvalue weighted by atomic mass is 9.93. The van der Waals surface area contributed by atoms with Crippen LogP contribution in [0.2, 0.25) is 0 Å². The van der Waals surface area contributed by atoms with E-state index in [0.717, 1.165) is 25.0 Å². The number of unbranched alkanes of at least 4 members (excludes halogenated alkanes) is 5. The van der Waals surface area contributed by atoms with Crippen molar-refractivity contribution in [2.24, 2.45) is 0 Å². The molecule has 0 radical (unpaired) electrons. The minimum absolute atomic E-state index is 0.298. The monoisotopic (exact) mass is 280 g/mol. The van der Waals surface area contributed by atoms with E-state index in [0.29, 0.717) is 5.92 Å². The molecule has 1 unspecified atom stereocenters. The molecule has 2 N–H and O–H groups in total.